The Hall–Kier alpha value is -1.88. The van der Waals surface area contributed by atoms with Gasteiger partial charge in [-0.15, -0.1) is 0 Å². The van der Waals surface area contributed by atoms with E-state index in [1.807, 2.05) is 18.7 Å². The van der Waals surface area contributed by atoms with Gasteiger partial charge in [-0.25, -0.2) is 4.39 Å². The summed E-state index contributed by atoms with van der Waals surface area (Å²) >= 11 is 6.03. The summed E-state index contributed by atoms with van der Waals surface area (Å²) in [4.78, 5) is 14.6. The average Bonchev–Trinajstić information content (AvgIpc) is 3.08. The first-order valence-electron chi connectivity index (χ1n) is 7.63. The molecule has 2 heterocycles. The van der Waals surface area contributed by atoms with E-state index in [0.717, 1.165) is 29.9 Å². The van der Waals surface area contributed by atoms with Crippen LogP contribution in [0.5, 0.6) is 0 Å². The SMILES string of the molecule is Cc1noc(C)c1C1CCCN1C(=O)Cc1ccc(F)cc1Cl. The molecule has 2 aromatic rings. The summed E-state index contributed by atoms with van der Waals surface area (Å²) in [6.07, 6.45) is 2.00. The topological polar surface area (TPSA) is 46.3 Å². The number of carbonyl (C=O) groups is 1. The van der Waals surface area contributed by atoms with E-state index < -0.39 is 5.82 Å². The van der Waals surface area contributed by atoms with Crippen LogP contribution in [0.4, 0.5) is 4.39 Å². The molecule has 0 saturated carbocycles. The van der Waals surface area contributed by atoms with Crippen LogP contribution in [0.2, 0.25) is 5.02 Å². The number of rotatable bonds is 3. The second-order valence-electron chi connectivity index (χ2n) is 5.90. The first-order chi connectivity index (χ1) is 11.0. The number of amides is 1. The average molecular weight is 337 g/mol. The number of halogens is 2. The molecule has 1 aromatic heterocycles. The number of aryl methyl sites for hydroxylation is 2. The highest BCUT2D eigenvalue weighted by molar-refractivity contribution is 6.31. The Bertz CT molecular complexity index is 725. The van der Waals surface area contributed by atoms with Gasteiger partial charge in [0.15, 0.2) is 0 Å². The Labute approximate surface area is 139 Å². The molecule has 1 aliphatic heterocycles. The fourth-order valence-corrected chi connectivity index (χ4v) is 3.49. The van der Waals surface area contributed by atoms with Gasteiger partial charge in [0.2, 0.25) is 5.91 Å². The lowest BCUT2D eigenvalue weighted by Gasteiger charge is -2.25. The summed E-state index contributed by atoms with van der Waals surface area (Å²) < 4.78 is 18.4. The van der Waals surface area contributed by atoms with Crippen molar-refractivity contribution in [3.8, 4) is 0 Å². The van der Waals surface area contributed by atoms with Crippen molar-refractivity contribution in [2.45, 2.75) is 39.2 Å². The van der Waals surface area contributed by atoms with Crippen molar-refractivity contribution >= 4 is 17.5 Å². The number of aromatic nitrogens is 1. The Morgan fingerprint density at radius 3 is 2.91 bits per heavy atom. The molecule has 1 aliphatic rings. The second kappa shape index (κ2) is 6.32. The molecular weight excluding hydrogens is 319 g/mol. The second-order valence-corrected chi connectivity index (χ2v) is 6.30. The maximum absolute atomic E-state index is 13.1. The van der Waals surface area contributed by atoms with Crippen molar-refractivity contribution in [1.82, 2.24) is 10.1 Å². The minimum Gasteiger partial charge on any atom is -0.361 e. The molecule has 0 radical (unpaired) electrons. The third kappa shape index (κ3) is 3.11. The van der Waals surface area contributed by atoms with Crippen molar-refractivity contribution < 1.29 is 13.7 Å². The van der Waals surface area contributed by atoms with Crippen molar-refractivity contribution in [2.24, 2.45) is 0 Å². The minimum atomic E-state index is -0.402. The molecule has 0 spiro atoms. The molecule has 1 unspecified atom stereocenters. The minimum absolute atomic E-state index is 0.00651. The number of carbonyl (C=O) groups excluding carboxylic acids is 1. The molecule has 6 heteroatoms. The number of hydrogen-bond acceptors (Lipinski definition) is 3. The molecule has 4 nitrogen and oxygen atoms in total. The Morgan fingerprint density at radius 1 is 1.48 bits per heavy atom. The van der Waals surface area contributed by atoms with Gasteiger partial charge in [0.05, 0.1) is 18.2 Å². The van der Waals surface area contributed by atoms with Gasteiger partial charge in [-0.1, -0.05) is 22.8 Å². The lowest BCUT2D eigenvalue weighted by Crippen LogP contribution is -2.32. The van der Waals surface area contributed by atoms with Crippen LogP contribution in [0.25, 0.3) is 0 Å². The zero-order valence-electron chi connectivity index (χ0n) is 13.1. The van der Waals surface area contributed by atoms with Crippen LogP contribution in [0.15, 0.2) is 22.7 Å². The highest BCUT2D eigenvalue weighted by atomic mass is 35.5. The molecule has 0 N–H and O–H groups in total. The summed E-state index contributed by atoms with van der Waals surface area (Å²) in [5, 5.41) is 4.27. The lowest BCUT2D eigenvalue weighted by molar-refractivity contribution is -0.131. The zero-order valence-corrected chi connectivity index (χ0v) is 13.9. The number of benzene rings is 1. The molecule has 1 saturated heterocycles. The Kier molecular flexibility index (Phi) is 4.39. The molecule has 1 amide bonds. The maximum Gasteiger partial charge on any atom is 0.227 e. The van der Waals surface area contributed by atoms with Gasteiger partial charge in [-0.3, -0.25) is 4.79 Å². The van der Waals surface area contributed by atoms with Crippen molar-refractivity contribution in [2.75, 3.05) is 6.54 Å². The predicted molar refractivity (Wildman–Crippen MR) is 84.8 cm³/mol. The Morgan fingerprint density at radius 2 is 2.26 bits per heavy atom. The van der Waals surface area contributed by atoms with Gasteiger partial charge in [0.1, 0.15) is 11.6 Å². The number of hydrogen-bond donors (Lipinski definition) is 0. The van der Waals surface area contributed by atoms with Crippen LogP contribution in [-0.4, -0.2) is 22.5 Å². The van der Waals surface area contributed by atoms with Gasteiger partial charge in [-0.05, 0) is 44.4 Å². The third-order valence-corrected chi connectivity index (χ3v) is 4.70. The maximum atomic E-state index is 13.1. The fraction of sp³-hybridized carbons (Fsp3) is 0.412. The lowest BCUT2D eigenvalue weighted by atomic mass is 10.0. The van der Waals surface area contributed by atoms with Crippen LogP contribution in [0, 0.1) is 19.7 Å². The smallest absolute Gasteiger partial charge is 0.227 e. The first-order valence-corrected chi connectivity index (χ1v) is 8.01. The standard InChI is InChI=1S/C17H18ClFN2O2/c1-10-17(11(2)23-20-10)15-4-3-7-21(15)16(22)8-12-5-6-13(19)9-14(12)18/h5-6,9,15H,3-4,7-8H2,1-2H3. The van der Waals surface area contributed by atoms with Crippen molar-refractivity contribution in [3.63, 3.8) is 0 Å². The highest BCUT2D eigenvalue weighted by Crippen LogP contribution is 2.36. The zero-order chi connectivity index (χ0) is 16.6. The summed E-state index contributed by atoms with van der Waals surface area (Å²) in [7, 11) is 0. The van der Waals surface area contributed by atoms with E-state index in [1.165, 1.54) is 12.1 Å². The third-order valence-electron chi connectivity index (χ3n) is 4.35. The molecule has 1 atom stereocenters. The molecular formula is C17H18ClFN2O2. The molecule has 0 bridgehead atoms. The molecule has 1 fully saturated rings. The van der Waals surface area contributed by atoms with E-state index in [9.17, 15) is 9.18 Å². The van der Waals surface area contributed by atoms with Crippen molar-refractivity contribution in [1.29, 1.82) is 0 Å². The first kappa shape index (κ1) is 16.0. The van der Waals surface area contributed by atoms with Crippen molar-refractivity contribution in [3.05, 3.63) is 51.6 Å². The van der Waals surface area contributed by atoms with Crippen LogP contribution >= 0.6 is 11.6 Å². The predicted octanol–water partition coefficient (Wildman–Crippen LogP) is 3.99. The molecule has 122 valence electrons. The van der Waals surface area contributed by atoms with Gasteiger partial charge in [0, 0.05) is 17.1 Å². The fourth-order valence-electron chi connectivity index (χ4n) is 3.26. The van der Waals surface area contributed by atoms with Gasteiger partial charge in [-0.2, -0.15) is 0 Å². The number of nitrogens with zero attached hydrogens (tertiary/aromatic N) is 2. The van der Waals surface area contributed by atoms with Gasteiger partial charge in [0.25, 0.3) is 0 Å². The van der Waals surface area contributed by atoms with E-state index in [1.54, 1.807) is 6.07 Å². The number of likely N-dealkylation sites (tertiary alicyclic amines) is 1. The molecule has 3 rings (SSSR count). The van der Waals surface area contributed by atoms with E-state index in [0.29, 0.717) is 12.1 Å². The summed E-state index contributed by atoms with van der Waals surface area (Å²) in [6.45, 7) is 4.46. The molecule has 1 aromatic carbocycles. The van der Waals surface area contributed by atoms with Crippen LogP contribution in [0.1, 0.15) is 41.5 Å². The van der Waals surface area contributed by atoms with Crippen LogP contribution in [-0.2, 0) is 11.2 Å². The van der Waals surface area contributed by atoms with Gasteiger partial charge < -0.3 is 9.42 Å². The summed E-state index contributed by atoms with van der Waals surface area (Å²) in [5.41, 5.74) is 2.47. The summed E-state index contributed by atoms with van der Waals surface area (Å²) in [6, 6.07) is 4.12. The summed E-state index contributed by atoms with van der Waals surface area (Å²) in [5.74, 6) is 0.342. The quantitative estimate of drug-likeness (QED) is 0.851. The van der Waals surface area contributed by atoms with E-state index >= 15 is 0 Å². The molecule has 0 aliphatic carbocycles. The van der Waals surface area contributed by atoms with Gasteiger partial charge >= 0.3 is 0 Å². The normalized spacial score (nSPS) is 17.7. The Balaban J connectivity index is 1.81. The van der Waals surface area contributed by atoms with Crippen LogP contribution < -0.4 is 0 Å². The largest absolute Gasteiger partial charge is 0.361 e. The van der Waals surface area contributed by atoms with E-state index in [-0.39, 0.29) is 23.4 Å². The molecule has 23 heavy (non-hydrogen) atoms. The van der Waals surface area contributed by atoms with E-state index in [2.05, 4.69) is 5.16 Å². The highest BCUT2D eigenvalue weighted by Gasteiger charge is 2.33. The van der Waals surface area contributed by atoms with Crippen LogP contribution in [0.3, 0.4) is 0 Å². The monoisotopic (exact) mass is 336 g/mol. The van der Waals surface area contributed by atoms with E-state index in [4.69, 9.17) is 16.1 Å².